The molecular formula is C24H30N2O3S. The number of nitrogens with zero attached hydrogens (tertiary/aromatic N) is 1. The number of nitrogens with one attached hydrogen (secondary N) is 1. The highest BCUT2D eigenvalue weighted by molar-refractivity contribution is 7.16. The third-order valence-electron chi connectivity index (χ3n) is 6.89. The number of rotatable bonds is 6. The molecule has 4 heterocycles. The van der Waals surface area contributed by atoms with E-state index in [1.807, 2.05) is 0 Å². The summed E-state index contributed by atoms with van der Waals surface area (Å²) in [6.07, 6.45) is 7.45. The number of ether oxygens (including phenoxy) is 1. The van der Waals surface area contributed by atoms with Gasteiger partial charge in [-0.1, -0.05) is 30.3 Å². The van der Waals surface area contributed by atoms with Crippen molar-refractivity contribution in [3.63, 3.8) is 0 Å². The van der Waals surface area contributed by atoms with Crippen molar-refractivity contribution in [1.82, 2.24) is 4.90 Å². The van der Waals surface area contributed by atoms with E-state index in [2.05, 4.69) is 40.5 Å². The lowest BCUT2D eigenvalue weighted by Crippen LogP contribution is -2.47. The van der Waals surface area contributed by atoms with Crippen molar-refractivity contribution in [3.05, 3.63) is 51.9 Å². The van der Waals surface area contributed by atoms with Gasteiger partial charge in [-0.05, 0) is 62.6 Å². The Labute approximate surface area is 182 Å². The number of thiophene rings is 1. The first-order valence-electron chi connectivity index (χ1n) is 11.3. The van der Waals surface area contributed by atoms with Gasteiger partial charge in [0.1, 0.15) is 11.2 Å². The van der Waals surface area contributed by atoms with Crippen molar-refractivity contribution in [2.45, 2.75) is 69.7 Å². The van der Waals surface area contributed by atoms with E-state index in [-0.39, 0.29) is 6.23 Å². The highest BCUT2D eigenvalue weighted by Crippen LogP contribution is 2.49. The van der Waals surface area contributed by atoms with Gasteiger partial charge in [0.25, 0.3) is 0 Å². The summed E-state index contributed by atoms with van der Waals surface area (Å²) in [6, 6.07) is 11.1. The Morgan fingerprint density at radius 3 is 2.83 bits per heavy atom. The molecule has 0 aliphatic carbocycles. The fourth-order valence-corrected chi connectivity index (χ4v) is 6.83. The zero-order chi connectivity index (χ0) is 20.5. The quantitative estimate of drug-likeness (QED) is 0.675. The van der Waals surface area contributed by atoms with Gasteiger partial charge in [-0.2, -0.15) is 0 Å². The normalized spacial score (nSPS) is 28.0. The molecular weight excluding hydrogens is 396 g/mol. The Morgan fingerprint density at radius 1 is 1.20 bits per heavy atom. The summed E-state index contributed by atoms with van der Waals surface area (Å²) in [4.78, 5) is 16.2. The summed E-state index contributed by atoms with van der Waals surface area (Å²) < 4.78 is 5.84. The number of carboxylic acid groups (broad SMARTS) is 1. The maximum Gasteiger partial charge on any atom is 0.339 e. The van der Waals surface area contributed by atoms with Gasteiger partial charge >= 0.3 is 5.97 Å². The minimum Gasteiger partial charge on any atom is -0.478 e. The van der Waals surface area contributed by atoms with E-state index in [0.717, 1.165) is 75.2 Å². The van der Waals surface area contributed by atoms with Gasteiger partial charge < -0.3 is 15.2 Å². The molecule has 0 amide bonds. The molecule has 5 nitrogen and oxygen atoms in total. The van der Waals surface area contributed by atoms with Crippen LogP contribution in [0.4, 0.5) is 5.00 Å². The zero-order valence-electron chi connectivity index (χ0n) is 17.3. The van der Waals surface area contributed by atoms with E-state index in [1.165, 1.54) is 10.4 Å². The molecule has 3 aliphatic heterocycles. The van der Waals surface area contributed by atoms with Crippen LogP contribution in [0.25, 0.3) is 0 Å². The molecule has 4 atom stereocenters. The second kappa shape index (κ2) is 8.69. The fourth-order valence-electron chi connectivity index (χ4n) is 5.50. The Kier molecular flexibility index (Phi) is 5.81. The smallest absolute Gasteiger partial charge is 0.339 e. The summed E-state index contributed by atoms with van der Waals surface area (Å²) in [5, 5.41) is 14.4. The van der Waals surface area contributed by atoms with Crippen LogP contribution in [0.3, 0.4) is 0 Å². The van der Waals surface area contributed by atoms with Gasteiger partial charge in [0, 0.05) is 30.0 Å². The molecule has 5 rings (SSSR count). The van der Waals surface area contributed by atoms with Gasteiger partial charge in [-0.3, -0.25) is 4.90 Å². The second-order valence-electron chi connectivity index (χ2n) is 8.76. The molecule has 1 aromatic heterocycles. The number of aromatic carboxylic acids is 1. The summed E-state index contributed by atoms with van der Waals surface area (Å²) in [5.74, 6) is -0.483. The second-order valence-corrected chi connectivity index (χ2v) is 9.86. The highest BCUT2D eigenvalue weighted by atomic mass is 32.1. The first-order chi connectivity index (χ1) is 14.7. The van der Waals surface area contributed by atoms with Crippen molar-refractivity contribution in [1.29, 1.82) is 0 Å². The van der Waals surface area contributed by atoms with E-state index in [0.29, 0.717) is 17.5 Å². The Morgan fingerprint density at radius 2 is 2.07 bits per heavy atom. The molecule has 30 heavy (non-hydrogen) atoms. The van der Waals surface area contributed by atoms with Crippen LogP contribution in [0.5, 0.6) is 0 Å². The van der Waals surface area contributed by atoms with Crippen LogP contribution in [0, 0.1) is 0 Å². The van der Waals surface area contributed by atoms with Gasteiger partial charge in [0.15, 0.2) is 0 Å². The molecule has 4 unspecified atom stereocenters. The minimum absolute atomic E-state index is 0.0643. The number of carbonyl (C=O) groups is 1. The molecule has 1 aromatic carbocycles. The number of fused-ring (bicyclic) bond motifs is 4. The van der Waals surface area contributed by atoms with Crippen molar-refractivity contribution in [2.24, 2.45) is 0 Å². The molecule has 160 valence electrons. The zero-order valence-corrected chi connectivity index (χ0v) is 18.1. The van der Waals surface area contributed by atoms with Gasteiger partial charge in [0.2, 0.25) is 0 Å². The first-order valence-corrected chi connectivity index (χ1v) is 12.1. The van der Waals surface area contributed by atoms with E-state index in [4.69, 9.17) is 4.74 Å². The molecule has 3 aliphatic rings. The largest absolute Gasteiger partial charge is 0.478 e. The molecule has 6 heteroatoms. The molecule has 0 radical (unpaired) electrons. The fraction of sp³-hybridized carbons (Fsp3) is 0.542. The van der Waals surface area contributed by atoms with Gasteiger partial charge in [-0.15, -0.1) is 11.3 Å². The first kappa shape index (κ1) is 20.0. The van der Waals surface area contributed by atoms with Crippen molar-refractivity contribution >= 4 is 22.3 Å². The molecule has 2 saturated heterocycles. The summed E-state index contributed by atoms with van der Waals surface area (Å²) in [7, 11) is 0. The highest BCUT2D eigenvalue weighted by Gasteiger charge is 2.42. The van der Waals surface area contributed by atoms with Crippen molar-refractivity contribution < 1.29 is 14.6 Å². The number of carboxylic acids is 1. The SMILES string of the molecule is O=C(O)c1c(NC2CCCCO2)sc2c1C1CCCN(C2)C1CCc1ccccc1. The standard InChI is InChI=1S/C24H30N2O3S/c27-24(28)22-21-17-9-6-13-26(18(17)12-11-16-7-2-1-3-8-16)15-19(21)30-23(22)25-20-10-4-5-14-29-20/h1-3,7-8,17-18,20,25H,4-6,9-15H2,(H,27,28). The molecule has 2 N–H and O–H groups in total. The third-order valence-corrected chi connectivity index (χ3v) is 8.01. The predicted molar refractivity (Wildman–Crippen MR) is 119 cm³/mol. The topological polar surface area (TPSA) is 61.8 Å². The maximum absolute atomic E-state index is 12.4. The number of piperidine rings is 1. The number of aryl methyl sites for hydroxylation is 1. The van der Waals surface area contributed by atoms with Crippen LogP contribution in [-0.4, -0.2) is 41.4 Å². The summed E-state index contributed by atoms with van der Waals surface area (Å²) in [5.41, 5.74) is 2.99. The molecule has 2 aromatic rings. The Bertz CT molecular complexity index is 891. The van der Waals surface area contributed by atoms with E-state index < -0.39 is 5.97 Å². The number of hydrogen-bond acceptors (Lipinski definition) is 5. The lowest BCUT2D eigenvalue weighted by molar-refractivity contribution is 0.0344. The molecule has 2 bridgehead atoms. The lowest BCUT2D eigenvalue weighted by Gasteiger charge is -2.45. The Balaban J connectivity index is 1.43. The van der Waals surface area contributed by atoms with Crippen LogP contribution < -0.4 is 5.32 Å². The third kappa shape index (κ3) is 3.88. The van der Waals surface area contributed by atoms with Gasteiger partial charge in [-0.25, -0.2) is 4.79 Å². The van der Waals surface area contributed by atoms with E-state index in [1.54, 1.807) is 11.3 Å². The predicted octanol–water partition coefficient (Wildman–Crippen LogP) is 5.08. The number of hydrogen-bond donors (Lipinski definition) is 2. The van der Waals surface area contributed by atoms with E-state index in [9.17, 15) is 9.90 Å². The number of benzene rings is 1. The lowest BCUT2D eigenvalue weighted by atomic mass is 9.76. The Hall–Kier alpha value is -1.89. The molecule has 0 spiro atoms. The van der Waals surface area contributed by atoms with Gasteiger partial charge in [0.05, 0.1) is 5.56 Å². The van der Waals surface area contributed by atoms with Crippen LogP contribution in [0.15, 0.2) is 30.3 Å². The molecule has 2 fully saturated rings. The minimum atomic E-state index is -0.799. The monoisotopic (exact) mass is 426 g/mol. The van der Waals surface area contributed by atoms with E-state index >= 15 is 0 Å². The van der Waals surface area contributed by atoms with Crippen LogP contribution in [-0.2, 0) is 17.7 Å². The number of anilines is 1. The molecule has 0 saturated carbocycles. The van der Waals surface area contributed by atoms with Crippen LogP contribution in [0.2, 0.25) is 0 Å². The van der Waals surface area contributed by atoms with Crippen LogP contribution >= 0.6 is 11.3 Å². The van der Waals surface area contributed by atoms with Crippen molar-refractivity contribution in [2.75, 3.05) is 18.5 Å². The van der Waals surface area contributed by atoms with Crippen LogP contribution in [0.1, 0.15) is 70.8 Å². The summed E-state index contributed by atoms with van der Waals surface area (Å²) in [6.45, 7) is 2.75. The van der Waals surface area contributed by atoms with Crippen molar-refractivity contribution in [3.8, 4) is 0 Å². The average molecular weight is 427 g/mol. The summed E-state index contributed by atoms with van der Waals surface area (Å²) >= 11 is 1.64. The maximum atomic E-state index is 12.4. The average Bonchev–Trinajstić information content (AvgIpc) is 3.11.